The van der Waals surface area contributed by atoms with Crippen LogP contribution in [0.25, 0.3) is 22.3 Å². The number of aromatic nitrogens is 1. The molecule has 2 N–H and O–H groups in total. The van der Waals surface area contributed by atoms with Gasteiger partial charge in [0.1, 0.15) is 12.7 Å². The molecule has 202 valence electrons. The van der Waals surface area contributed by atoms with Crippen LogP contribution in [0.2, 0.25) is 0 Å². The van der Waals surface area contributed by atoms with E-state index in [0.717, 1.165) is 17.1 Å². The molecule has 1 fully saturated rings. The molecule has 2 unspecified atom stereocenters. The second-order valence-corrected chi connectivity index (χ2v) is 11.1. The van der Waals surface area contributed by atoms with Crippen molar-refractivity contribution in [3.05, 3.63) is 69.5 Å². The Labute approximate surface area is 222 Å². The predicted molar refractivity (Wildman–Crippen MR) is 142 cm³/mol. The number of benzene rings is 1. The minimum atomic E-state index is -4.40. The van der Waals surface area contributed by atoms with Crippen molar-refractivity contribution in [3.8, 4) is 10.6 Å². The predicted octanol–water partition coefficient (Wildman–Crippen LogP) is 4.02. The maximum atomic E-state index is 14.7. The minimum Gasteiger partial charge on any atom is -0.382 e. The summed E-state index contributed by atoms with van der Waals surface area (Å²) in [5, 5.41) is 7.43. The maximum absolute atomic E-state index is 14.7. The molecular formula is C28H30F4N4OS. The Bertz CT molecular complexity index is 1410. The number of likely N-dealkylation sites (tertiary alicyclic amines) is 1. The zero-order chi connectivity index (χ0) is 26.9. The lowest BCUT2D eigenvalue weighted by Gasteiger charge is -2.34. The third kappa shape index (κ3) is 5.96. The number of hydrogen-bond donors (Lipinski definition) is 2. The summed E-state index contributed by atoms with van der Waals surface area (Å²) in [6, 6.07) is 13.9. The van der Waals surface area contributed by atoms with Gasteiger partial charge < -0.3 is 20.1 Å². The first-order chi connectivity index (χ1) is 18.2. The molecule has 0 bridgehead atoms. The SMILES string of the molecule is CN1CCC(NC2=c3cc(-c4ccc(CNC(=O)c5ccccc5)s4)n(CC(F)(F)F)c3=CCC2)C(F)C1. The van der Waals surface area contributed by atoms with E-state index in [-0.39, 0.29) is 18.5 Å². The fourth-order valence-corrected chi connectivity index (χ4v) is 6.10. The van der Waals surface area contributed by atoms with E-state index in [2.05, 4.69) is 10.6 Å². The largest absolute Gasteiger partial charge is 0.406 e. The number of nitrogens with one attached hydrogen (secondary N) is 2. The molecule has 2 aliphatic rings. The van der Waals surface area contributed by atoms with E-state index < -0.39 is 18.9 Å². The first-order valence-electron chi connectivity index (χ1n) is 12.7. The summed E-state index contributed by atoms with van der Waals surface area (Å²) in [5.41, 5.74) is 1.81. The van der Waals surface area contributed by atoms with Crippen LogP contribution >= 0.6 is 11.3 Å². The highest BCUT2D eigenvalue weighted by atomic mass is 32.1. The molecule has 0 spiro atoms. The molecule has 5 nitrogen and oxygen atoms in total. The average Bonchev–Trinajstić information content (AvgIpc) is 3.49. The summed E-state index contributed by atoms with van der Waals surface area (Å²) in [4.78, 5) is 15.9. The van der Waals surface area contributed by atoms with Gasteiger partial charge in [-0.25, -0.2) is 4.39 Å². The average molecular weight is 547 g/mol. The third-order valence-corrected chi connectivity index (χ3v) is 8.12. The van der Waals surface area contributed by atoms with Gasteiger partial charge in [-0.15, -0.1) is 11.3 Å². The van der Waals surface area contributed by atoms with Crippen molar-refractivity contribution < 1.29 is 22.4 Å². The van der Waals surface area contributed by atoms with Gasteiger partial charge in [0.15, 0.2) is 0 Å². The molecule has 1 aromatic carbocycles. The Balaban J connectivity index is 1.45. The Morgan fingerprint density at radius 1 is 1.16 bits per heavy atom. The monoisotopic (exact) mass is 546 g/mol. The molecule has 38 heavy (non-hydrogen) atoms. The summed E-state index contributed by atoms with van der Waals surface area (Å²) in [5.74, 6) is -0.212. The molecule has 0 saturated carbocycles. The van der Waals surface area contributed by atoms with Crippen LogP contribution in [0.1, 0.15) is 34.5 Å². The zero-order valence-corrected chi connectivity index (χ0v) is 21.8. The van der Waals surface area contributed by atoms with Gasteiger partial charge in [0.25, 0.3) is 5.91 Å². The molecule has 1 aliphatic heterocycles. The van der Waals surface area contributed by atoms with Crippen molar-refractivity contribution in [2.24, 2.45) is 0 Å². The van der Waals surface area contributed by atoms with Gasteiger partial charge in [-0.05, 0) is 56.6 Å². The second-order valence-electron chi connectivity index (χ2n) is 9.88. The zero-order valence-electron chi connectivity index (χ0n) is 21.0. The van der Waals surface area contributed by atoms with Crippen LogP contribution in [-0.2, 0) is 13.1 Å². The van der Waals surface area contributed by atoms with Gasteiger partial charge >= 0.3 is 6.18 Å². The molecule has 5 rings (SSSR count). The minimum absolute atomic E-state index is 0.212. The van der Waals surface area contributed by atoms with Crippen molar-refractivity contribution in [3.63, 3.8) is 0 Å². The number of nitrogens with zero attached hydrogens (tertiary/aromatic N) is 2. The van der Waals surface area contributed by atoms with Crippen LogP contribution in [0.15, 0.2) is 48.5 Å². The highest BCUT2D eigenvalue weighted by Crippen LogP contribution is 2.30. The van der Waals surface area contributed by atoms with Crippen molar-refractivity contribution in [1.82, 2.24) is 20.1 Å². The number of hydrogen-bond acceptors (Lipinski definition) is 4. The lowest BCUT2D eigenvalue weighted by molar-refractivity contribution is -0.140. The smallest absolute Gasteiger partial charge is 0.382 e. The van der Waals surface area contributed by atoms with Crippen LogP contribution in [0.3, 0.4) is 0 Å². The molecule has 2 aromatic heterocycles. The molecule has 10 heteroatoms. The van der Waals surface area contributed by atoms with Crippen molar-refractivity contribution in [2.45, 2.75) is 50.7 Å². The number of alkyl halides is 4. The van der Waals surface area contributed by atoms with Gasteiger partial charge in [-0.1, -0.05) is 24.3 Å². The van der Waals surface area contributed by atoms with Crippen molar-refractivity contribution >= 4 is 29.0 Å². The maximum Gasteiger partial charge on any atom is 0.406 e. The van der Waals surface area contributed by atoms with Crippen molar-refractivity contribution in [1.29, 1.82) is 0 Å². The number of carbonyl (C=O) groups excluding carboxylic acids is 1. The molecule has 1 saturated heterocycles. The standard InChI is InChI=1S/C28H30F4N4OS/c1-35-13-12-23(21(29)16-35)34-22-8-5-9-24-20(22)14-25(36(24)17-28(30,31)32)26-11-10-19(38-26)15-33-27(37)18-6-3-2-4-7-18/h2-4,6-7,9-11,14,21,23,34H,5,8,12-13,15-17H2,1H3,(H,33,37). The summed E-state index contributed by atoms with van der Waals surface area (Å²) >= 11 is 1.35. The highest BCUT2D eigenvalue weighted by molar-refractivity contribution is 7.15. The van der Waals surface area contributed by atoms with E-state index >= 15 is 0 Å². The number of amides is 1. The van der Waals surface area contributed by atoms with Crippen LogP contribution in [0.4, 0.5) is 17.6 Å². The van der Waals surface area contributed by atoms with E-state index in [0.29, 0.717) is 52.5 Å². The highest BCUT2D eigenvalue weighted by Gasteiger charge is 2.32. The van der Waals surface area contributed by atoms with E-state index in [1.54, 1.807) is 36.4 Å². The van der Waals surface area contributed by atoms with Gasteiger partial charge in [0.2, 0.25) is 0 Å². The molecule has 1 aliphatic carbocycles. The Kier molecular flexibility index (Phi) is 7.63. The van der Waals surface area contributed by atoms with Crippen LogP contribution in [0, 0.1) is 0 Å². The second kappa shape index (κ2) is 10.9. The third-order valence-electron chi connectivity index (χ3n) is 7.01. The summed E-state index contributed by atoms with van der Waals surface area (Å²) in [6.45, 7) is 0.267. The number of carbonyl (C=O) groups is 1. The lowest BCUT2D eigenvalue weighted by atomic mass is 10.0. The Hall–Kier alpha value is -3.11. The van der Waals surface area contributed by atoms with E-state index in [1.807, 2.05) is 30.2 Å². The molecule has 3 aromatic rings. The molecular weight excluding hydrogens is 516 g/mol. The Morgan fingerprint density at radius 2 is 1.95 bits per heavy atom. The summed E-state index contributed by atoms with van der Waals surface area (Å²) < 4.78 is 57.0. The molecule has 1 amide bonds. The number of rotatable bonds is 7. The van der Waals surface area contributed by atoms with Gasteiger partial charge in [0, 0.05) is 39.8 Å². The van der Waals surface area contributed by atoms with Gasteiger partial charge in [-0.3, -0.25) is 4.79 Å². The van der Waals surface area contributed by atoms with Crippen LogP contribution in [0.5, 0.6) is 0 Å². The van der Waals surface area contributed by atoms with E-state index in [4.69, 9.17) is 0 Å². The molecule has 3 heterocycles. The fraction of sp³-hybridized carbons (Fsp3) is 0.393. The number of fused-ring (bicyclic) bond motifs is 1. The van der Waals surface area contributed by atoms with Gasteiger partial charge in [-0.2, -0.15) is 13.2 Å². The van der Waals surface area contributed by atoms with Crippen LogP contribution < -0.4 is 21.2 Å². The number of halogens is 4. The topological polar surface area (TPSA) is 49.3 Å². The normalized spacial score (nSPS) is 20.1. The first kappa shape index (κ1) is 26.5. The van der Waals surface area contributed by atoms with Gasteiger partial charge in [0.05, 0.1) is 23.2 Å². The fourth-order valence-electron chi connectivity index (χ4n) is 5.13. The Morgan fingerprint density at radius 3 is 2.68 bits per heavy atom. The first-order valence-corrected chi connectivity index (χ1v) is 13.5. The number of piperidine rings is 1. The van der Waals surface area contributed by atoms with E-state index in [9.17, 15) is 22.4 Å². The number of thiophene rings is 1. The summed E-state index contributed by atoms with van der Waals surface area (Å²) in [7, 11) is 1.88. The molecule has 0 radical (unpaired) electrons. The lowest BCUT2D eigenvalue weighted by Crippen LogP contribution is -2.50. The van der Waals surface area contributed by atoms with Crippen molar-refractivity contribution in [2.75, 3.05) is 20.1 Å². The molecule has 2 atom stereocenters. The van der Waals surface area contributed by atoms with E-state index in [1.165, 1.54) is 15.9 Å². The quantitative estimate of drug-likeness (QED) is 0.441. The summed E-state index contributed by atoms with van der Waals surface area (Å²) in [6.07, 6.45) is -1.75. The van der Waals surface area contributed by atoms with Crippen LogP contribution in [-0.4, -0.2) is 53.9 Å².